The number of nitrogens with zero attached hydrogens (tertiary/aromatic N) is 2. The minimum absolute atomic E-state index is 0. The van der Waals surface area contributed by atoms with E-state index in [1.54, 1.807) is 17.7 Å². The Morgan fingerprint density at radius 1 is 1.00 bits per heavy atom. The number of nitrogens with one attached hydrogen (secondary N) is 1. The van der Waals surface area contributed by atoms with Gasteiger partial charge in [-0.25, -0.2) is 9.97 Å². The minimum Gasteiger partial charge on any atom is -0.340 e. The first-order valence-corrected chi connectivity index (χ1v) is 9.57. The lowest BCUT2D eigenvalue weighted by Crippen LogP contribution is -1.96. The molecule has 0 aliphatic rings. The van der Waals surface area contributed by atoms with Crippen LogP contribution in [0.3, 0.4) is 0 Å². The summed E-state index contributed by atoms with van der Waals surface area (Å²) in [6.45, 7) is 4.22. The SMILES string of the molecule is Cc1ccc(Nc2ncnc3sc(C)c(-c4ccccc4)c23)cc1Br.Cl. The van der Waals surface area contributed by atoms with Crippen LogP contribution in [0.15, 0.2) is 59.3 Å². The van der Waals surface area contributed by atoms with Crippen molar-refractivity contribution in [1.29, 1.82) is 0 Å². The summed E-state index contributed by atoms with van der Waals surface area (Å²) in [5.41, 5.74) is 4.60. The molecule has 0 aliphatic carbocycles. The van der Waals surface area contributed by atoms with Crippen LogP contribution in [0, 0.1) is 13.8 Å². The van der Waals surface area contributed by atoms with Crippen molar-refractivity contribution in [3.05, 3.63) is 69.8 Å². The van der Waals surface area contributed by atoms with E-state index in [0.717, 1.165) is 26.2 Å². The molecular formula is C20H17BrClN3S. The highest BCUT2D eigenvalue weighted by molar-refractivity contribution is 9.10. The van der Waals surface area contributed by atoms with Gasteiger partial charge in [-0.1, -0.05) is 52.3 Å². The number of thiophene rings is 1. The second kappa shape index (κ2) is 7.74. The highest BCUT2D eigenvalue weighted by Crippen LogP contribution is 2.41. The molecule has 0 fully saturated rings. The molecule has 132 valence electrons. The quantitative estimate of drug-likeness (QED) is 0.372. The fourth-order valence-electron chi connectivity index (χ4n) is 2.90. The fourth-order valence-corrected chi connectivity index (χ4v) is 4.29. The summed E-state index contributed by atoms with van der Waals surface area (Å²) in [4.78, 5) is 11.2. The van der Waals surface area contributed by atoms with Crippen molar-refractivity contribution in [2.24, 2.45) is 0 Å². The molecule has 0 unspecified atom stereocenters. The minimum atomic E-state index is 0. The van der Waals surface area contributed by atoms with Crippen LogP contribution in [0.4, 0.5) is 11.5 Å². The molecule has 26 heavy (non-hydrogen) atoms. The van der Waals surface area contributed by atoms with Gasteiger partial charge in [0.25, 0.3) is 0 Å². The molecule has 2 aromatic heterocycles. The number of hydrogen-bond donors (Lipinski definition) is 1. The first-order valence-electron chi connectivity index (χ1n) is 7.96. The zero-order valence-corrected chi connectivity index (χ0v) is 17.5. The van der Waals surface area contributed by atoms with Crippen molar-refractivity contribution >= 4 is 61.4 Å². The largest absolute Gasteiger partial charge is 0.340 e. The molecule has 6 heteroatoms. The summed E-state index contributed by atoms with van der Waals surface area (Å²) >= 11 is 5.30. The molecule has 0 bridgehead atoms. The second-order valence-electron chi connectivity index (χ2n) is 5.89. The lowest BCUT2D eigenvalue weighted by molar-refractivity contribution is 1.23. The van der Waals surface area contributed by atoms with Gasteiger partial charge in [-0.05, 0) is 37.1 Å². The third-order valence-electron chi connectivity index (χ3n) is 4.16. The Hall–Kier alpha value is -1.95. The molecule has 4 aromatic rings. The molecule has 0 atom stereocenters. The zero-order chi connectivity index (χ0) is 17.4. The Kier molecular flexibility index (Phi) is 5.61. The average molecular weight is 447 g/mol. The van der Waals surface area contributed by atoms with Gasteiger partial charge in [-0.15, -0.1) is 23.7 Å². The van der Waals surface area contributed by atoms with E-state index < -0.39 is 0 Å². The van der Waals surface area contributed by atoms with E-state index >= 15 is 0 Å². The Balaban J connectivity index is 0.00000196. The first-order chi connectivity index (χ1) is 12.1. The maximum absolute atomic E-state index is 4.52. The highest BCUT2D eigenvalue weighted by atomic mass is 79.9. The van der Waals surface area contributed by atoms with Crippen LogP contribution in [0.25, 0.3) is 21.3 Å². The highest BCUT2D eigenvalue weighted by Gasteiger charge is 2.16. The molecule has 2 heterocycles. The maximum atomic E-state index is 4.52. The van der Waals surface area contributed by atoms with Crippen molar-refractivity contribution in [2.45, 2.75) is 13.8 Å². The van der Waals surface area contributed by atoms with Crippen molar-refractivity contribution in [2.75, 3.05) is 5.32 Å². The summed E-state index contributed by atoms with van der Waals surface area (Å²) in [5, 5.41) is 4.54. The Morgan fingerprint density at radius 2 is 1.77 bits per heavy atom. The van der Waals surface area contributed by atoms with Gasteiger partial charge in [-0.3, -0.25) is 0 Å². The standard InChI is InChI=1S/C20H16BrN3S.ClH/c1-12-8-9-15(10-16(12)21)24-19-18-17(14-6-4-3-5-7-14)13(2)25-20(18)23-11-22-19;/h3-11H,1-2H3,(H,22,23,24);1H. The molecular weight excluding hydrogens is 430 g/mol. The monoisotopic (exact) mass is 445 g/mol. The molecule has 0 spiro atoms. The van der Waals surface area contributed by atoms with Gasteiger partial charge in [0.1, 0.15) is 17.0 Å². The predicted molar refractivity (Wildman–Crippen MR) is 117 cm³/mol. The average Bonchev–Trinajstić information content (AvgIpc) is 2.96. The third kappa shape index (κ3) is 3.47. The Bertz CT molecular complexity index is 1060. The van der Waals surface area contributed by atoms with Gasteiger partial charge in [-0.2, -0.15) is 0 Å². The summed E-state index contributed by atoms with van der Waals surface area (Å²) in [5.74, 6) is 0.837. The Morgan fingerprint density at radius 3 is 2.50 bits per heavy atom. The zero-order valence-electron chi connectivity index (χ0n) is 14.3. The van der Waals surface area contributed by atoms with Gasteiger partial charge >= 0.3 is 0 Å². The molecule has 0 aliphatic heterocycles. The number of halogens is 2. The van der Waals surface area contributed by atoms with Crippen molar-refractivity contribution < 1.29 is 0 Å². The number of benzene rings is 2. The van der Waals surface area contributed by atoms with E-state index in [1.807, 2.05) is 6.07 Å². The van der Waals surface area contributed by atoms with Crippen molar-refractivity contribution in [3.63, 3.8) is 0 Å². The van der Waals surface area contributed by atoms with Crippen LogP contribution in [-0.2, 0) is 0 Å². The molecule has 1 N–H and O–H groups in total. The number of aryl methyl sites for hydroxylation is 2. The van der Waals surface area contributed by atoms with E-state index in [4.69, 9.17) is 0 Å². The lowest BCUT2D eigenvalue weighted by atomic mass is 10.0. The van der Waals surface area contributed by atoms with Crippen LogP contribution in [-0.4, -0.2) is 9.97 Å². The van der Waals surface area contributed by atoms with E-state index in [0.29, 0.717) is 0 Å². The number of rotatable bonds is 3. The van der Waals surface area contributed by atoms with Crippen molar-refractivity contribution in [1.82, 2.24) is 9.97 Å². The van der Waals surface area contributed by atoms with Crippen LogP contribution in [0.5, 0.6) is 0 Å². The van der Waals surface area contributed by atoms with Gasteiger partial charge in [0.15, 0.2) is 0 Å². The molecule has 0 amide bonds. The molecule has 3 nitrogen and oxygen atoms in total. The van der Waals surface area contributed by atoms with Crippen LogP contribution >= 0.6 is 39.7 Å². The first kappa shape index (κ1) is 18.8. The summed E-state index contributed by atoms with van der Waals surface area (Å²) in [6.07, 6.45) is 1.62. The number of aromatic nitrogens is 2. The topological polar surface area (TPSA) is 37.8 Å². The lowest BCUT2D eigenvalue weighted by Gasteiger charge is -2.10. The second-order valence-corrected chi connectivity index (χ2v) is 7.95. The number of fused-ring (bicyclic) bond motifs is 1. The maximum Gasteiger partial charge on any atom is 0.143 e. The van der Waals surface area contributed by atoms with E-state index in [-0.39, 0.29) is 12.4 Å². The molecule has 0 saturated carbocycles. The van der Waals surface area contributed by atoms with Crippen LogP contribution < -0.4 is 5.32 Å². The van der Waals surface area contributed by atoms with Gasteiger partial charge in [0, 0.05) is 20.6 Å². The third-order valence-corrected chi connectivity index (χ3v) is 6.03. The summed E-state index contributed by atoms with van der Waals surface area (Å²) in [7, 11) is 0. The van der Waals surface area contributed by atoms with Gasteiger partial charge < -0.3 is 5.32 Å². The normalized spacial score (nSPS) is 10.6. The number of hydrogen-bond acceptors (Lipinski definition) is 4. The molecule has 0 radical (unpaired) electrons. The predicted octanol–water partition coefficient (Wildman–Crippen LogP) is 6.90. The van der Waals surface area contributed by atoms with E-state index in [2.05, 4.69) is 87.5 Å². The fraction of sp³-hybridized carbons (Fsp3) is 0.100. The van der Waals surface area contributed by atoms with Gasteiger partial charge in [0.05, 0.1) is 5.39 Å². The van der Waals surface area contributed by atoms with Crippen LogP contribution in [0.2, 0.25) is 0 Å². The Labute approximate surface area is 171 Å². The van der Waals surface area contributed by atoms with Crippen LogP contribution in [0.1, 0.15) is 10.4 Å². The van der Waals surface area contributed by atoms with E-state index in [1.165, 1.54) is 21.6 Å². The molecule has 2 aromatic carbocycles. The number of anilines is 2. The molecule has 0 saturated heterocycles. The van der Waals surface area contributed by atoms with Crippen molar-refractivity contribution in [3.8, 4) is 11.1 Å². The van der Waals surface area contributed by atoms with E-state index in [9.17, 15) is 0 Å². The van der Waals surface area contributed by atoms with Gasteiger partial charge in [0.2, 0.25) is 0 Å². The smallest absolute Gasteiger partial charge is 0.143 e. The summed E-state index contributed by atoms with van der Waals surface area (Å²) in [6, 6.07) is 16.6. The molecule has 4 rings (SSSR count). The summed E-state index contributed by atoms with van der Waals surface area (Å²) < 4.78 is 1.08.